The lowest BCUT2D eigenvalue weighted by Gasteiger charge is -2.25. The van der Waals surface area contributed by atoms with E-state index < -0.39 is 49.7 Å². The molecular weight excluding hydrogens is 263 g/mol. The zero-order chi connectivity index (χ0) is 14.5. The average Bonchev–Trinajstić information content (AvgIpc) is 2.31. The SMILES string of the molecule is O=C(NC[C@H](O)[C@@H](O)[C@H](O)[C@H](O)CO)C(F)(F)F. The molecule has 0 aromatic rings. The summed E-state index contributed by atoms with van der Waals surface area (Å²) >= 11 is 0. The number of carbonyl (C=O) groups excluding carboxylic acids is 1. The Labute approximate surface area is 99.5 Å². The largest absolute Gasteiger partial charge is 0.471 e. The fourth-order valence-electron chi connectivity index (χ4n) is 0.981. The third kappa shape index (κ3) is 5.14. The summed E-state index contributed by atoms with van der Waals surface area (Å²) in [6.45, 7) is -1.89. The molecule has 18 heavy (non-hydrogen) atoms. The van der Waals surface area contributed by atoms with Crippen LogP contribution in [0.3, 0.4) is 0 Å². The van der Waals surface area contributed by atoms with Crippen LogP contribution in [0.25, 0.3) is 0 Å². The molecule has 1 amide bonds. The fraction of sp³-hybridized carbons (Fsp3) is 0.875. The van der Waals surface area contributed by atoms with Gasteiger partial charge in [0.25, 0.3) is 0 Å². The monoisotopic (exact) mass is 277 g/mol. The first kappa shape index (κ1) is 17.1. The highest BCUT2D eigenvalue weighted by molar-refractivity contribution is 5.81. The van der Waals surface area contributed by atoms with Gasteiger partial charge in [-0.2, -0.15) is 13.2 Å². The van der Waals surface area contributed by atoms with Crippen LogP contribution in [0.5, 0.6) is 0 Å². The van der Waals surface area contributed by atoms with E-state index in [0.29, 0.717) is 0 Å². The van der Waals surface area contributed by atoms with Crippen molar-refractivity contribution in [3.05, 3.63) is 0 Å². The van der Waals surface area contributed by atoms with Crippen molar-refractivity contribution in [3.8, 4) is 0 Å². The first-order chi connectivity index (χ1) is 8.11. The normalized spacial score (nSPS) is 18.9. The molecule has 0 radical (unpaired) electrons. The second kappa shape index (κ2) is 6.85. The van der Waals surface area contributed by atoms with E-state index in [4.69, 9.17) is 20.4 Å². The lowest BCUT2D eigenvalue weighted by Crippen LogP contribution is -2.51. The predicted octanol–water partition coefficient (Wildman–Crippen LogP) is -2.90. The molecule has 0 fully saturated rings. The molecule has 0 aliphatic rings. The smallest absolute Gasteiger partial charge is 0.394 e. The van der Waals surface area contributed by atoms with Gasteiger partial charge in [-0.1, -0.05) is 0 Å². The number of hydrogen-bond donors (Lipinski definition) is 6. The summed E-state index contributed by atoms with van der Waals surface area (Å²) in [7, 11) is 0. The van der Waals surface area contributed by atoms with Crippen molar-refractivity contribution in [2.45, 2.75) is 30.6 Å². The average molecular weight is 277 g/mol. The summed E-state index contributed by atoms with van der Waals surface area (Å²) in [5.41, 5.74) is 0. The summed E-state index contributed by atoms with van der Waals surface area (Å²) in [6.07, 6.45) is -12.8. The summed E-state index contributed by atoms with van der Waals surface area (Å²) in [4.78, 5) is 10.4. The fourth-order valence-corrected chi connectivity index (χ4v) is 0.981. The molecule has 0 rings (SSSR count). The number of rotatable bonds is 6. The van der Waals surface area contributed by atoms with Gasteiger partial charge in [-0.25, -0.2) is 0 Å². The Morgan fingerprint density at radius 1 is 1.06 bits per heavy atom. The number of aliphatic hydroxyl groups excluding tert-OH is 5. The van der Waals surface area contributed by atoms with Crippen LogP contribution in [0.2, 0.25) is 0 Å². The Balaban J connectivity index is 4.25. The van der Waals surface area contributed by atoms with Crippen molar-refractivity contribution in [2.24, 2.45) is 0 Å². The highest BCUT2D eigenvalue weighted by atomic mass is 19.4. The number of halogens is 3. The van der Waals surface area contributed by atoms with Crippen molar-refractivity contribution in [2.75, 3.05) is 13.2 Å². The van der Waals surface area contributed by atoms with E-state index in [0.717, 1.165) is 0 Å². The molecule has 0 aliphatic heterocycles. The van der Waals surface area contributed by atoms with Gasteiger partial charge in [0.1, 0.15) is 18.3 Å². The second-order valence-electron chi connectivity index (χ2n) is 3.51. The molecule has 4 atom stereocenters. The number of hydrogen-bond acceptors (Lipinski definition) is 6. The Bertz CT molecular complexity index is 274. The predicted molar refractivity (Wildman–Crippen MR) is 50.2 cm³/mol. The molecule has 0 aromatic heterocycles. The summed E-state index contributed by atoms with van der Waals surface area (Å²) in [5, 5.41) is 46.1. The maximum absolute atomic E-state index is 11.8. The van der Waals surface area contributed by atoms with Gasteiger partial charge in [0.15, 0.2) is 0 Å². The molecule has 0 unspecified atom stereocenters. The maximum Gasteiger partial charge on any atom is 0.471 e. The molecule has 0 saturated heterocycles. The van der Waals surface area contributed by atoms with Gasteiger partial charge < -0.3 is 30.8 Å². The third-order valence-corrected chi connectivity index (χ3v) is 2.05. The van der Waals surface area contributed by atoms with E-state index in [1.165, 1.54) is 5.32 Å². The standard InChI is InChI=1S/C8H14F3NO6/c9-8(10,11)7(18)12-1-3(14)5(16)6(17)4(15)2-13/h3-6,13-17H,1-2H2,(H,12,18)/t3-,4+,5+,6+/m0/s1. The molecule has 0 aromatic carbocycles. The first-order valence-electron chi connectivity index (χ1n) is 4.79. The van der Waals surface area contributed by atoms with Crippen LogP contribution < -0.4 is 5.32 Å². The highest BCUT2D eigenvalue weighted by Crippen LogP contribution is 2.14. The Kier molecular flexibility index (Phi) is 6.49. The molecule has 108 valence electrons. The van der Waals surface area contributed by atoms with Crippen LogP contribution in [0.1, 0.15) is 0 Å². The van der Waals surface area contributed by atoms with Gasteiger partial charge in [-0.3, -0.25) is 4.79 Å². The van der Waals surface area contributed by atoms with Crippen LogP contribution in [0.15, 0.2) is 0 Å². The molecule has 6 N–H and O–H groups in total. The summed E-state index contributed by atoms with van der Waals surface area (Å²) < 4.78 is 35.3. The van der Waals surface area contributed by atoms with Gasteiger partial charge in [0.2, 0.25) is 0 Å². The van der Waals surface area contributed by atoms with Crippen molar-refractivity contribution < 1.29 is 43.5 Å². The van der Waals surface area contributed by atoms with Gasteiger partial charge in [0, 0.05) is 6.54 Å². The summed E-state index contributed by atoms with van der Waals surface area (Å²) in [6, 6.07) is 0. The first-order valence-corrected chi connectivity index (χ1v) is 4.79. The number of carbonyl (C=O) groups is 1. The van der Waals surface area contributed by atoms with Crippen LogP contribution in [0, 0.1) is 0 Å². The van der Waals surface area contributed by atoms with E-state index in [-0.39, 0.29) is 0 Å². The van der Waals surface area contributed by atoms with Crippen molar-refractivity contribution in [1.29, 1.82) is 0 Å². The Morgan fingerprint density at radius 3 is 1.89 bits per heavy atom. The minimum atomic E-state index is -5.13. The number of aliphatic hydroxyl groups is 5. The Hall–Kier alpha value is -0.940. The molecule has 7 nitrogen and oxygen atoms in total. The van der Waals surface area contributed by atoms with Crippen molar-refractivity contribution in [3.63, 3.8) is 0 Å². The van der Waals surface area contributed by atoms with E-state index in [9.17, 15) is 23.1 Å². The zero-order valence-corrected chi connectivity index (χ0v) is 9.00. The van der Waals surface area contributed by atoms with Gasteiger partial charge >= 0.3 is 12.1 Å². The molecule has 0 heterocycles. The molecule has 10 heteroatoms. The van der Waals surface area contributed by atoms with Gasteiger partial charge in [0.05, 0.1) is 12.7 Å². The lowest BCUT2D eigenvalue weighted by atomic mass is 10.0. The van der Waals surface area contributed by atoms with Crippen molar-refractivity contribution >= 4 is 5.91 Å². The molecule has 0 saturated carbocycles. The second-order valence-corrected chi connectivity index (χ2v) is 3.51. The van der Waals surface area contributed by atoms with E-state index in [1.54, 1.807) is 0 Å². The van der Waals surface area contributed by atoms with Crippen LogP contribution in [-0.2, 0) is 4.79 Å². The molecular formula is C8H14F3NO6. The minimum absolute atomic E-state index is 0.917. The van der Waals surface area contributed by atoms with Crippen LogP contribution >= 0.6 is 0 Å². The highest BCUT2D eigenvalue weighted by Gasteiger charge is 2.39. The van der Waals surface area contributed by atoms with Gasteiger partial charge in [-0.05, 0) is 0 Å². The maximum atomic E-state index is 11.8. The van der Waals surface area contributed by atoms with Crippen LogP contribution in [-0.4, -0.2) is 75.2 Å². The molecule has 0 spiro atoms. The van der Waals surface area contributed by atoms with Gasteiger partial charge in [-0.15, -0.1) is 0 Å². The minimum Gasteiger partial charge on any atom is -0.394 e. The number of alkyl halides is 3. The van der Waals surface area contributed by atoms with Crippen molar-refractivity contribution in [1.82, 2.24) is 5.32 Å². The zero-order valence-electron chi connectivity index (χ0n) is 9.00. The number of amides is 1. The topological polar surface area (TPSA) is 130 Å². The van der Waals surface area contributed by atoms with Crippen LogP contribution in [0.4, 0.5) is 13.2 Å². The quantitative estimate of drug-likeness (QED) is 0.309. The third-order valence-electron chi connectivity index (χ3n) is 2.05. The van der Waals surface area contributed by atoms with E-state index in [2.05, 4.69) is 0 Å². The molecule has 0 aliphatic carbocycles. The Morgan fingerprint density at radius 2 is 1.50 bits per heavy atom. The number of nitrogens with one attached hydrogen (secondary N) is 1. The van der Waals surface area contributed by atoms with E-state index in [1.807, 2.05) is 0 Å². The summed E-state index contributed by atoms with van der Waals surface area (Å²) in [5.74, 6) is -2.31. The van der Waals surface area contributed by atoms with E-state index >= 15 is 0 Å². The lowest BCUT2D eigenvalue weighted by molar-refractivity contribution is -0.174. The molecule has 0 bridgehead atoms.